The summed E-state index contributed by atoms with van der Waals surface area (Å²) < 4.78 is 5.06. The maximum absolute atomic E-state index is 5.06. The van der Waals surface area contributed by atoms with Crippen LogP contribution in [0.5, 0.6) is 0 Å². The highest BCUT2D eigenvalue weighted by Crippen LogP contribution is 2.05. The van der Waals surface area contributed by atoms with E-state index in [0.29, 0.717) is 0 Å². The van der Waals surface area contributed by atoms with Crippen LogP contribution in [0.3, 0.4) is 0 Å². The van der Waals surface area contributed by atoms with Crippen molar-refractivity contribution in [3.63, 3.8) is 0 Å². The molecule has 0 bridgehead atoms. The van der Waals surface area contributed by atoms with Crippen molar-refractivity contribution in [2.75, 3.05) is 39.9 Å². The minimum atomic E-state index is 0.719. The number of nitrogens with one attached hydrogen (secondary N) is 1. The van der Waals surface area contributed by atoms with Crippen LogP contribution in [-0.4, -0.2) is 50.8 Å². The zero-order valence-corrected chi connectivity index (χ0v) is 9.59. The Morgan fingerprint density at radius 2 is 2.36 bits per heavy atom. The predicted octanol–water partition coefficient (Wildman–Crippen LogP) is 1.10. The first-order valence-corrected chi connectivity index (χ1v) is 5.81. The number of ether oxygens (including phenoxy) is 1. The standard InChI is InChI=1S/C11H24N2O/c1-3-5-11-10-13(8-6-12-11)7-4-9-14-2/h11-12H,3-10H2,1-2H3. The molecule has 1 heterocycles. The SMILES string of the molecule is CCCC1CN(CCCOC)CCN1. The molecule has 3 nitrogen and oxygen atoms in total. The lowest BCUT2D eigenvalue weighted by atomic mass is 10.1. The third-order valence-electron chi connectivity index (χ3n) is 2.80. The van der Waals surface area contributed by atoms with E-state index < -0.39 is 0 Å². The molecule has 0 aromatic carbocycles. The number of methoxy groups -OCH3 is 1. The van der Waals surface area contributed by atoms with Crippen LogP contribution >= 0.6 is 0 Å². The summed E-state index contributed by atoms with van der Waals surface area (Å²) >= 11 is 0. The molecule has 1 rings (SSSR count). The highest BCUT2D eigenvalue weighted by molar-refractivity contribution is 4.77. The third-order valence-corrected chi connectivity index (χ3v) is 2.80. The van der Waals surface area contributed by atoms with E-state index in [2.05, 4.69) is 17.1 Å². The van der Waals surface area contributed by atoms with Crippen LogP contribution in [0.1, 0.15) is 26.2 Å². The molecule has 1 aliphatic rings. The summed E-state index contributed by atoms with van der Waals surface area (Å²) in [4.78, 5) is 2.55. The Morgan fingerprint density at radius 3 is 3.07 bits per heavy atom. The molecule has 14 heavy (non-hydrogen) atoms. The summed E-state index contributed by atoms with van der Waals surface area (Å²) in [7, 11) is 1.78. The molecular formula is C11H24N2O. The van der Waals surface area contributed by atoms with Gasteiger partial charge in [-0.3, -0.25) is 0 Å². The average Bonchev–Trinajstić information content (AvgIpc) is 2.19. The van der Waals surface area contributed by atoms with Crippen LogP contribution in [0.15, 0.2) is 0 Å². The van der Waals surface area contributed by atoms with Gasteiger partial charge >= 0.3 is 0 Å². The van der Waals surface area contributed by atoms with Crippen LogP contribution in [-0.2, 0) is 4.74 Å². The van der Waals surface area contributed by atoms with Gasteiger partial charge in [0.1, 0.15) is 0 Å². The van der Waals surface area contributed by atoms with E-state index in [1.54, 1.807) is 7.11 Å². The molecule has 1 atom stereocenters. The van der Waals surface area contributed by atoms with Gasteiger partial charge in [-0.15, -0.1) is 0 Å². The van der Waals surface area contributed by atoms with Crippen molar-refractivity contribution < 1.29 is 4.74 Å². The van der Waals surface area contributed by atoms with E-state index in [-0.39, 0.29) is 0 Å². The van der Waals surface area contributed by atoms with Crippen molar-refractivity contribution in [3.05, 3.63) is 0 Å². The van der Waals surface area contributed by atoms with Crippen molar-refractivity contribution in [3.8, 4) is 0 Å². The average molecular weight is 200 g/mol. The Hall–Kier alpha value is -0.120. The number of hydrogen-bond acceptors (Lipinski definition) is 3. The number of piperazine rings is 1. The highest BCUT2D eigenvalue weighted by Gasteiger charge is 2.17. The molecule has 0 amide bonds. The van der Waals surface area contributed by atoms with E-state index in [9.17, 15) is 0 Å². The van der Waals surface area contributed by atoms with Crippen LogP contribution in [0.4, 0.5) is 0 Å². The first-order valence-electron chi connectivity index (χ1n) is 5.81. The third kappa shape index (κ3) is 4.40. The van der Waals surface area contributed by atoms with Gasteiger partial charge in [-0.25, -0.2) is 0 Å². The normalized spacial score (nSPS) is 24.0. The number of nitrogens with zero attached hydrogens (tertiary/aromatic N) is 1. The van der Waals surface area contributed by atoms with Gasteiger partial charge in [-0.2, -0.15) is 0 Å². The summed E-state index contributed by atoms with van der Waals surface area (Å²) in [6, 6.07) is 0.719. The van der Waals surface area contributed by atoms with Gasteiger partial charge in [0, 0.05) is 45.9 Å². The van der Waals surface area contributed by atoms with Gasteiger partial charge in [-0.05, 0) is 12.8 Å². The van der Waals surface area contributed by atoms with Crippen LogP contribution in [0.2, 0.25) is 0 Å². The largest absolute Gasteiger partial charge is 0.385 e. The molecule has 0 saturated carbocycles. The predicted molar refractivity (Wildman–Crippen MR) is 59.6 cm³/mol. The van der Waals surface area contributed by atoms with Crippen molar-refractivity contribution in [1.82, 2.24) is 10.2 Å². The summed E-state index contributed by atoms with van der Waals surface area (Å²) in [5.74, 6) is 0. The van der Waals surface area contributed by atoms with Gasteiger partial charge in [-0.1, -0.05) is 13.3 Å². The van der Waals surface area contributed by atoms with E-state index in [1.807, 2.05) is 0 Å². The topological polar surface area (TPSA) is 24.5 Å². The molecular weight excluding hydrogens is 176 g/mol. The van der Waals surface area contributed by atoms with Gasteiger partial charge in [0.2, 0.25) is 0 Å². The highest BCUT2D eigenvalue weighted by atomic mass is 16.5. The van der Waals surface area contributed by atoms with Gasteiger partial charge in [0.25, 0.3) is 0 Å². The molecule has 1 fully saturated rings. The molecule has 1 N–H and O–H groups in total. The minimum absolute atomic E-state index is 0.719. The Kier molecular flexibility index (Phi) is 6.15. The molecule has 0 radical (unpaired) electrons. The fourth-order valence-corrected chi connectivity index (χ4v) is 2.07. The van der Waals surface area contributed by atoms with Gasteiger partial charge in [0.15, 0.2) is 0 Å². The Labute approximate surface area is 87.8 Å². The molecule has 1 saturated heterocycles. The van der Waals surface area contributed by atoms with Crippen molar-refractivity contribution in [1.29, 1.82) is 0 Å². The molecule has 0 aromatic rings. The maximum atomic E-state index is 5.06. The zero-order valence-electron chi connectivity index (χ0n) is 9.59. The molecule has 1 unspecified atom stereocenters. The fourth-order valence-electron chi connectivity index (χ4n) is 2.07. The van der Waals surface area contributed by atoms with Crippen LogP contribution in [0.25, 0.3) is 0 Å². The second-order valence-electron chi connectivity index (χ2n) is 4.09. The number of hydrogen-bond donors (Lipinski definition) is 1. The monoisotopic (exact) mass is 200 g/mol. The smallest absolute Gasteiger partial charge is 0.0474 e. The lowest BCUT2D eigenvalue weighted by molar-refractivity contribution is 0.151. The Bertz CT molecular complexity index is 139. The van der Waals surface area contributed by atoms with Crippen molar-refractivity contribution in [2.45, 2.75) is 32.2 Å². The minimum Gasteiger partial charge on any atom is -0.385 e. The summed E-state index contributed by atoms with van der Waals surface area (Å²) in [5, 5.41) is 3.57. The quantitative estimate of drug-likeness (QED) is 0.650. The summed E-state index contributed by atoms with van der Waals surface area (Å²) in [6.45, 7) is 7.91. The number of rotatable bonds is 6. The molecule has 0 aromatic heterocycles. The first kappa shape index (κ1) is 12.0. The lowest BCUT2D eigenvalue weighted by Gasteiger charge is -2.33. The molecule has 0 spiro atoms. The second kappa shape index (κ2) is 7.21. The van der Waals surface area contributed by atoms with E-state index in [4.69, 9.17) is 4.74 Å². The van der Waals surface area contributed by atoms with Crippen molar-refractivity contribution in [2.24, 2.45) is 0 Å². The van der Waals surface area contributed by atoms with E-state index in [1.165, 1.54) is 32.5 Å². The molecule has 3 heteroatoms. The fraction of sp³-hybridized carbons (Fsp3) is 1.00. The molecule has 1 aliphatic heterocycles. The van der Waals surface area contributed by atoms with E-state index >= 15 is 0 Å². The van der Waals surface area contributed by atoms with E-state index in [0.717, 1.165) is 25.6 Å². The Morgan fingerprint density at radius 1 is 1.50 bits per heavy atom. The molecule has 0 aliphatic carbocycles. The van der Waals surface area contributed by atoms with Gasteiger partial charge < -0.3 is 15.0 Å². The van der Waals surface area contributed by atoms with Gasteiger partial charge in [0.05, 0.1) is 0 Å². The Balaban J connectivity index is 2.12. The summed E-state index contributed by atoms with van der Waals surface area (Å²) in [6.07, 6.45) is 3.75. The first-order chi connectivity index (χ1) is 6.86. The summed E-state index contributed by atoms with van der Waals surface area (Å²) in [5.41, 5.74) is 0. The maximum Gasteiger partial charge on any atom is 0.0474 e. The lowest BCUT2D eigenvalue weighted by Crippen LogP contribution is -2.50. The molecule has 84 valence electrons. The second-order valence-corrected chi connectivity index (χ2v) is 4.09. The zero-order chi connectivity index (χ0) is 10.2. The van der Waals surface area contributed by atoms with Crippen molar-refractivity contribution >= 4 is 0 Å². The van der Waals surface area contributed by atoms with Crippen LogP contribution in [0, 0.1) is 0 Å². The van der Waals surface area contributed by atoms with Crippen LogP contribution < -0.4 is 5.32 Å².